The van der Waals surface area contributed by atoms with E-state index in [1.54, 1.807) is 0 Å². The first-order valence-corrected chi connectivity index (χ1v) is 3.94. The van der Waals surface area contributed by atoms with Crippen molar-refractivity contribution in [2.24, 2.45) is 11.7 Å². The van der Waals surface area contributed by atoms with Crippen LogP contribution in [0.15, 0.2) is 0 Å². The second-order valence-electron chi connectivity index (χ2n) is 2.19. The van der Waals surface area contributed by atoms with E-state index in [0.717, 1.165) is 6.42 Å². The molecule has 1 amide bonds. The fraction of sp³-hybridized carbons (Fsp3) is 0.833. The van der Waals surface area contributed by atoms with Crippen LogP contribution in [0.2, 0.25) is 0 Å². The first-order chi connectivity index (χ1) is 4.09. The second kappa shape index (κ2) is 3.88. The molecule has 0 aliphatic heterocycles. The molecule has 0 fully saturated rings. The van der Waals surface area contributed by atoms with E-state index in [0.29, 0.717) is 5.92 Å². The van der Waals surface area contributed by atoms with Crippen molar-refractivity contribution in [3.05, 3.63) is 0 Å². The molecule has 54 valence electrons. The van der Waals surface area contributed by atoms with Crippen molar-refractivity contribution in [2.75, 3.05) is 0 Å². The van der Waals surface area contributed by atoms with E-state index in [4.69, 9.17) is 5.73 Å². The number of rotatable bonds is 3. The number of amides is 1. The van der Waals surface area contributed by atoms with Crippen molar-refractivity contribution in [1.29, 1.82) is 0 Å². The van der Waals surface area contributed by atoms with Gasteiger partial charge in [0.2, 0.25) is 5.91 Å². The smallest absolute Gasteiger partial charge is 0.231 e. The summed E-state index contributed by atoms with van der Waals surface area (Å²) >= 11 is 3.19. The van der Waals surface area contributed by atoms with Gasteiger partial charge in [-0.1, -0.05) is 36.2 Å². The molecule has 0 rings (SSSR count). The van der Waals surface area contributed by atoms with Gasteiger partial charge in [0, 0.05) is 0 Å². The minimum atomic E-state index is -0.274. The van der Waals surface area contributed by atoms with E-state index in [2.05, 4.69) is 15.9 Å². The Morgan fingerprint density at radius 1 is 1.78 bits per heavy atom. The first kappa shape index (κ1) is 8.95. The Hall–Kier alpha value is -0.0500. The van der Waals surface area contributed by atoms with Crippen LogP contribution in [0.3, 0.4) is 0 Å². The van der Waals surface area contributed by atoms with Gasteiger partial charge in [-0.15, -0.1) is 0 Å². The fourth-order valence-electron chi connectivity index (χ4n) is 0.487. The highest BCUT2D eigenvalue weighted by Gasteiger charge is 2.16. The largest absolute Gasteiger partial charge is 0.369 e. The van der Waals surface area contributed by atoms with Crippen molar-refractivity contribution in [3.63, 3.8) is 0 Å². The zero-order valence-corrected chi connectivity index (χ0v) is 7.31. The maximum Gasteiger partial charge on any atom is 0.231 e. The summed E-state index contributed by atoms with van der Waals surface area (Å²) < 4.78 is 0. The lowest BCUT2D eigenvalue weighted by molar-refractivity contribution is -0.118. The summed E-state index contributed by atoms with van der Waals surface area (Å²) in [4.78, 5) is 10.3. The van der Waals surface area contributed by atoms with Gasteiger partial charge in [-0.25, -0.2) is 0 Å². The molecule has 0 aromatic heterocycles. The Bertz CT molecular complexity index is 105. The minimum absolute atomic E-state index is 0.164. The molecule has 2 nitrogen and oxygen atoms in total. The molecule has 0 heterocycles. The molecule has 0 bridgehead atoms. The summed E-state index contributed by atoms with van der Waals surface area (Å²) in [6, 6.07) is 0. The summed E-state index contributed by atoms with van der Waals surface area (Å²) in [5, 5.41) is 0. The van der Waals surface area contributed by atoms with Crippen molar-refractivity contribution in [1.82, 2.24) is 0 Å². The van der Waals surface area contributed by atoms with Gasteiger partial charge in [-0.3, -0.25) is 4.79 Å². The number of hydrogen-bond acceptors (Lipinski definition) is 1. The second-order valence-corrected chi connectivity index (χ2v) is 3.18. The molecule has 2 N–H and O–H groups in total. The molecule has 9 heavy (non-hydrogen) atoms. The van der Waals surface area contributed by atoms with E-state index >= 15 is 0 Å². The van der Waals surface area contributed by atoms with Gasteiger partial charge in [0.15, 0.2) is 0 Å². The predicted octanol–water partition coefficient (Wildman–Crippen LogP) is 1.28. The van der Waals surface area contributed by atoms with Crippen LogP contribution in [0.25, 0.3) is 0 Å². The first-order valence-electron chi connectivity index (χ1n) is 3.03. The molecular weight excluding hydrogens is 182 g/mol. The van der Waals surface area contributed by atoms with Gasteiger partial charge in [0.25, 0.3) is 0 Å². The van der Waals surface area contributed by atoms with Crippen molar-refractivity contribution < 1.29 is 4.79 Å². The Morgan fingerprint density at radius 2 is 2.22 bits per heavy atom. The van der Waals surface area contributed by atoms with Gasteiger partial charge in [0.1, 0.15) is 0 Å². The highest BCUT2D eigenvalue weighted by Crippen LogP contribution is 2.14. The zero-order chi connectivity index (χ0) is 7.44. The molecule has 3 heteroatoms. The van der Waals surface area contributed by atoms with Gasteiger partial charge in [0.05, 0.1) is 4.83 Å². The topological polar surface area (TPSA) is 43.1 Å². The van der Waals surface area contributed by atoms with Crippen LogP contribution in [0.1, 0.15) is 20.3 Å². The molecular formula is C6H12BrNO. The van der Waals surface area contributed by atoms with Crippen molar-refractivity contribution >= 4 is 21.8 Å². The summed E-state index contributed by atoms with van der Waals surface area (Å²) in [6.07, 6.45) is 0.971. The zero-order valence-electron chi connectivity index (χ0n) is 5.73. The van der Waals surface area contributed by atoms with E-state index in [-0.39, 0.29) is 10.7 Å². The normalized spacial score (nSPS) is 16.8. The highest BCUT2D eigenvalue weighted by atomic mass is 79.9. The summed E-state index contributed by atoms with van der Waals surface area (Å²) in [7, 11) is 0. The summed E-state index contributed by atoms with van der Waals surface area (Å²) in [5.74, 6) is 0.0619. The third kappa shape index (κ3) is 2.84. The van der Waals surface area contributed by atoms with Crippen LogP contribution in [0.4, 0.5) is 0 Å². The number of nitrogens with two attached hydrogens (primary N) is 1. The molecule has 0 spiro atoms. The quantitative estimate of drug-likeness (QED) is 0.675. The molecule has 0 saturated heterocycles. The molecule has 0 aromatic carbocycles. The van der Waals surface area contributed by atoms with E-state index in [1.165, 1.54) is 0 Å². The monoisotopic (exact) mass is 193 g/mol. The average Bonchev–Trinajstić information content (AvgIpc) is 1.84. The molecule has 0 aliphatic rings. The standard InChI is InChI=1S/C6H12BrNO/c1-3-4(2)5(7)6(8)9/h4-5H,3H2,1-2H3,(H2,8,9). The number of alkyl halides is 1. The average molecular weight is 194 g/mol. The van der Waals surface area contributed by atoms with E-state index < -0.39 is 0 Å². The van der Waals surface area contributed by atoms with Crippen molar-refractivity contribution in [3.8, 4) is 0 Å². The number of carbonyl (C=O) groups excluding carboxylic acids is 1. The van der Waals surface area contributed by atoms with Crippen LogP contribution < -0.4 is 5.73 Å². The maximum atomic E-state index is 10.5. The Kier molecular flexibility index (Phi) is 3.86. The third-order valence-corrected chi connectivity index (χ3v) is 2.77. The van der Waals surface area contributed by atoms with Crippen LogP contribution >= 0.6 is 15.9 Å². The third-order valence-electron chi connectivity index (χ3n) is 1.42. The molecule has 2 unspecified atom stereocenters. The van der Waals surface area contributed by atoms with Crippen LogP contribution in [-0.4, -0.2) is 10.7 Å². The van der Waals surface area contributed by atoms with Crippen LogP contribution in [0, 0.1) is 5.92 Å². The van der Waals surface area contributed by atoms with Gasteiger partial charge in [-0.05, 0) is 5.92 Å². The van der Waals surface area contributed by atoms with Crippen LogP contribution in [0.5, 0.6) is 0 Å². The summed E-state index contributed by atoms with van der Waals surface area (Å²) in [6.45, 7) is 4.02. The molecule has 2 atom stereocenters. The van der Waals surface area contributed by atoms with Crippen LogP contribution in [-0.2, 0) is 4.79 Å². The molecule has 0 radical (unpaired) electrons. The predicted molar refractivity (Wildman–Crippen MR) is 41.4 cm³/mol. The number of primary amides is 1. The lowest BCUT2D eigenvalue weighted by Gasteiger charge is -2.11. The number of carbonyl (C=O) groups is 1. The minimum Gasteiger partial charge on any atom is -0.369 e. The lowest BCUT2D eigenvalue weighted by atomic mass is 10.1. The number of hydrogen-bond donors (Lipinski definition) is 1. The Labute approximate surface area is 63.9 Å². The summed E-state index contributed by atoms with van der Waals surface area (Å²) in [5.41, 5.74) is 5.03. The van der Waals surface area contributed by atoms with Gasteiger partial charge in [-0.2, -0.15) is 0 Å². The van der Waals surface area contributed by atoms with Gasteiger partial charge < -0.3 is 5.73 Å². The molecule has 0 saturated carbocycles. The van der Waals surface area contributed by atoms with E-state index in [9.17, 15) is 4.79 Å². The lowest BCUT2D eigenvalue weighted by Crippen LogP contribution is -2.28. The molecule has 0 aliphatic carbocycles. The SMILES string of the molecule is CCC(C)C(Br)C(N)=O. The van der Waals surface area contributed by atoms with E-state index in [1.807, 2.05) is 13.8 Å². The maximum absolute atomic E-state index is 10.5. The Morgan fingerprint density at radius 3 is 2.33 bits per heavy atom. The number of halogens is 1. The molecule has 0 aromatic rings. The Balaban J connectivity index is 3.72. The fourth-order valence-corrected chi connectivity index (χ4v) is 0.861. The highest BCUT2D eigenvalue weighted by molar-refractivity contribution is 9.10. The van der Waals surface area contributed by atoms with Gasteiger partial charge >= 0.3 is 0 Å². The van der Waals surface area contributed by atoms with Crippen molar-refractivity contribution in [2.45, 2.75) is 25.1 Å².